The van der Waals surface area contributed by atoms with Crippen molar-refractivity contribution in [1.29, 1.82) is 0 Å². The molecule has 3 N–H and O–H groups in total. The predicted octanol–water partition coefficient (Wildman–Crippen LogP) is 1.97. The summed E-state index contributed by atoms with van der Waals surface area (Å²) in [5, 5.41) is 23.5. The summed E-state index contributed by atoms with van der Waals surface area (Å²) < 4.78 is 11.6. The molecule has 0 aromatic heterocycles. The minimum absolute atomic E-state index is 0.0416. The molecule has 0 saturated carbocycles. The number of aliphatic hydroxyl groups excluding tert-OH is 2. The minimum Gasteiger partial charge on any atom is -0.493 e. The van der Waals surface area contributed by atoms with E-state index in [-0.39, 0.29) is 19.1 Å². The average molecular weight is 501 g/mol. The number of carbonyl (C=O) groups is 3. The van der Waals surface area contributed by atoms with Gasteiger partial charge in [-0.05, 0) is 44.4 Å². The summed E-state index contributed by atoms with van der Waals surface area (Å²) in [6.07, 6.45) is 2.48. The van der Waals surface area contributed by atoms with Gasteiger partial charge >= 0.3 is 0 Å². The first-order chi connectivity index (χ1) is 17.1. The lowest BCUT2D eigenvalue weighted by Crippen LogP contribution is -2.55. The molecule has 9 heteroatoms. The standard InChI is InChI=1S/C27H36N2O7/c1-15(2)6-8-29(22(32)10-16(3)4)20-13-19(27(34)28-7-9-30)23-18-11-17(14-31)12-21(35-5)25(18)36-26(23)24(20)33/h10-15,20,23-24,26,30,33H,6-9H2,1-5H3,(H,28,34). The van der Waals surface area contributed by atoms with Crippen molar-refractivity contribution in [3.63, 3.8) is 0 Å². The van der Waals surface area contributed by atoms with Crippen molar-refractivity contribution in [2.45, 2.75) is 58.3 Å². The molecule has 9 nitrogen and oxygen atoms in total. The molecule has 1 heterocycles. The second-order valence-corrected chi connectivity index (χ2v) is 9.84. The first kappa shape index (κ1) is 27.4. The Kier molecular flexibility index (Phi) is 8.92. The summed E-state index contributed by atoms with van der Waals surface area (Å²) in [6.45, 7) is 7.93. The van der Waals surface area contributed by atoms with Crippen molar-refractivity contribution in [2.24, 2.45) is 5.92 Å². The first-order valence-electron chi connectivity index (χ1n) is 12.2. The number of aldehydes is 1. The number of fused-ring (bicyclic) bond motifs is 3. The van der Waals surface area contributed by atoms with Gasteiger partial charge in [-0.3, -0.25) is 14.4 Å². The zero-order chi connectivity index (χ0) is 26.6. The summed E-state index contributed by atoms with van der Waals surface area (Å²) in [7, 11) is 1.45. The topological polar surface area (TPSA) is 125 Å². The van der Waals surface area contributed by atoms with E-state index in [0.29, 0.717) is 53.4 Å². The number of allylic oxidation sites excluding steroid dienone is 1. The molecule has 1 aromatic rings. The highest BCUT2D eigenvalue weighted by Gasteiger charge is 2.51. The van der Waals surface area contributed by atoms with Gasteiger partial charge in [0.15, 0.2) is 11.5 Å². The highest BCUT2D eigenvalue weighted by Crippen LogP contribution is 2.51. The third-order valence-electron chi connectivity index (χ3n) is 6.41. The lowest BCUT2D eigenvalue weighted by Gasteiger charge is -2.40. The number of nitrogens with zero attached hydrogens (tertiary/aromatic N) is 1. The highest BCUT2D eigenvalue weighted by molar-refractivity contribution is 5.97. The summed E-state index contributed by atoms with van der Waals surface area (Å²) >= 11 is 0. The maximum absolute atomic E-state index is 13.3. The predicted molar refractivity (Wildman–Crippen MR) is 134 cm³/mol. The van der Waals surface area contributed by atoms with Crippen LogP contribution in [0.2, 0.25) is 0 Å². The van der Waals surface area contributed by atoms with Gasteiger partial charge in [0.1, 0.15) is 18.5 Å². The van der Waals surface area contributed by atoms with Crippen molar-refractivity contribution in [2.75, 3.05) is 26.8 Å². The van der Waals surface area contributed by atoms with Gasteiger partial charge in [0, 0.05) is 35.9 Å². The molecule has 0 fully saturated rings. The smallest absolute Gasteiger partial charge is 0.247 e. The van der Waals surface area contributed by atoms with E-state index in [1.807, 2.05) is 27.7 Å². The van der Waals surface area contributed by atoms with Gasteiger partial charge in [-0.1, -0.05) is 19.4 Å². The van der Waals surface area contributed by atoms with Gasteiger partial charge in [0.25, 0.3) is 0 Å². The van der Waals surface area contributed by atoms with E-state index in [0.717, 1.165) is 5.57 Å². The Balaban J connectivity index is 2.14. The van der Waals surface area contributed by atoms with Crippen LogP contribution in [0.4, 0.5) is 0 Å². The van der Waals surface area contributed by atoms with Crippen LogP contribution in [0.1, 0.15) is 56.0 Å². The molecule has 0 radical (unpaired) electrons. The SMILES string of the molecule is COc1cc(C=O)cc2c1OC1C2C(C(=O)NCCO)=CC(N(CCC(C)C)C(=O)C=C(C)C)C1O. The van der Waals surface area contributed by atoms with Gasteiger partial charge in [-0.15, -0.1) is 0 Å². The molecular formula is C27H36N2O7. The summed E-state index contributed by atoms with van der Waals surface area (Å²) in [6, 6.07) is 2.34. The molecule has 2 aliphatic rings. The number of rotatable bonds is 10. The summed E-state index contributed by atoms with van der Waals surface area (Å²) in [5.41, 5.74) is 2.01. The van der Waals surface area contributed by atoms with Gasteiger partial charge < -0.3 is 29.9 Å². The van der Waals surface area contributed by atoms with Gasteiger partial charge in [-0.2, -0.15) is 0 Å². The maximum Gasteiger partial charge on any atom is 0.247 e. The highest BCUT2D eigenvalue weighted by atomic mass is 16.5. The van der Waals surface area contributed by atoms with E-state index >= 15 is 0 Å². The molecule has 2 amide bonds. The molecule has 0 bridgehead atoms. The van der Waals surface area contributed by atoms with Crippen molar-refractivity contribution >= 4 is 18.1 Å². The molecule has 196 valence electrons. The van der Waals surface area contributed by atoms with Crippen LogP contribution in [-0.2, 0) is 9.59 Å². The Bertz CT molecular complexity index is 1060. The van der Waals surface area contributed by atoms with Crippen LogP contribution in [0, 0.1) is 5.92 Å². The lowest BCUT2D eigenvalue weighted by atomic mass is 9.77. The van der Waals surface area contributed by atoms with Crippen molar-refractivity contribution in [3.05, 3.63) is 46.6 Å². The minimum atomic E-state index is -1.15. The van der Waals surface area contributed by atoms with Crippen molar-refractivity contribution < 1.29 is 34.1 Å². The zero-order valence-corrected chi connectivity index (χ0v) is 21.5. The molecule has 3 rings (SSSR count). The van der Waals surface area contributed by atoms with Crippen LogP contribution in [0.25, 0.3) is 0 Å². The Morgan fingerprint density at radius 3 is 2.58 bits per heavy atom. The second kappa shape index (κ2) is 11.7. The maximum atomic E-state index is 13.3. The zero-order valence-electron chi connectivity index (χ0n) is 21.5. The molecular weight excluding hydrogens is 464 g/mol. The number of nitrogens with one attached hydrogen (secondary N) is 1. The van der Waals surface area contributed by atoms with E-state index in [2.05, 4.69) is 5.32 Å². The van der Waals surface area contributed by atoms with E-state index in [1.54, 1.807) is 17.0 Å². The van der Waals surface area contributed by atoms with Crippen LogP contribution < -0.4 is 14.8 Å². The molecule has 36 heavy (non-hydrogen) atoms. The number of ether oxygens (including phenoxy) is 2. The van der Waals surface area contributed by atoms with Crippen LogP contribution in [0.15, 0.2) is 35.4 Å². The van der Waals surface area contributed by atoms with E-state index in [4.69, 9.17) is 9.47 Å². The van der Waals surface area contributed by atoms with Gasteiger partial charge in [0.2, 0.25) is 11.8 Å². The number of benzene rings is 1. The number of hydrogen-bond donors (Lipinski definition) is 3. The van der Waals surface area contributed by atoms with Crippen molar-refractivity contribution in [1.82, 2.24) is 10.2 Å². The largest absolute Gasteiger partial charge is 0.493 e. The van der Waals surface area contributed by atoms with E-state index in [1.165, 1.54) is 19.3 Å². The number of aliphatic hydroxyl groups is 2. The van der Waals surface area contributed by atoms with E-state index < -0.39 is 30.1 Å². The fourth-order valence-electron chi connectivity index (χ4n) is 4.69. The Morgan fingerprint density at radius 1 is 1.28 bits per heavy atom. The third-order valence-corrected chi connectivity index (χ3v) is 6.41. The molecule has 1 aromatic carbocycles. The lowest BCUT2D eigenvalue weighted by molar-refractivity contribution is -0.132. The summed E-state index contributed by atoms with van der Waals surface area (Å²) in [4.78, 5) is 39.6. The number of carbonyl (C=O) groups excluding carboxylic acids is 3. The van der Waals surface area contributed by atoms with Crippen LogP contribution >= 0.6 is 0 Å². The van der Waals surface area contributed by atoms with Crippen LogP contribution in [0.3, 0.4) is 0 Å². The molecule has 1 aliphatic carbocycles. The van der Waals surface area contributed by atoms with Crippen LogP contribution in [0.5, 0.6) is 11.5 Å². The van der Waals surface area contributed by atoms with Gasteiger partial charge in [0.05, 0.1) is 25.7 Å². The molecule has 4 atom stereocenters. The molecule has 0 saturated heterocycles. The summed E-state index contributed by atoms with van der Waals surface area (Å²) in [5.74, 6) is -0.413. The fourth-order valence-corrected chi connectivity index (χ4v) is 4.69. The molecule has 4 unspecified atom stereocenters. The molecule has 0 spiro atoms. The quantitative estimate of drug-likeness (QED) is 0.331. The Morgan fingerprint density at radius 2 is 2.00 bits per heavy atom. The first-order valence-corrected chi connectivity index (χ1v) is 12.2. The van der Waals surface area contributed by atoms with E-state index in [9.17, 15) is 24.6 Å². The number of methoxy groups -OCH3 is 1. The fraction of sp³-hybridized carbons (Fsp3) is 0.519. The number of amides is 2. The third kappa shape index (κ3) is 5.63. The second-order valence-electron chi connectivity index (χ2n) is 9.84. The normalized spacial score (nSPS) is 22.1. The number of hydrogen-bond acceptors (Lipinski definition) is 7. The Hall–Kier alpha value is -3.17. The van der Waals surface area contributed by atoms with Crippen LogP contribution in [-0.4, -0.2) is 78.3 Å². The molecule has 1 aliphatic heterocycles. The average Bonchev–Trinajstić information content (AvgIpc) is 3.22. The van der Waals surface area contributed by atoms with Gasteiger partial charge in [-0.25, -0.2) is 0 Å². The monoisotopic (exact) mass is 500 g/mol. The Labute approximate surface area is 211 Å². The van der Waals surface area contributed by atoms with Crippen molar-refractivity contribution in [3.8, 4) is 11.5 Å².